The van der Waals surface area contributed by atoms with E-state index in [2.05, 4.69) is 0 Å². The van der Waals surface area contributed by atoms with Crippen molar-refractivity contribution >= 4 is 5.97 Å². The molecule has 3 aromatic rings. The van der Waals surface area contributed by atoms with Gasteiger partial charge in [0.25, 0.3) is 0 Å². The van der Waals surface area contributed by atoms with Gasteiger partial charge in [0.15, 0.2) is 12.4 Å². The van der Waals surface area contributed by atoms with Gasteiger partial charge in [0.2, 0.25) is 0 Å². The zero-order chi connectivity index (χ0) is 27.7. The van der Waals surface area contributed by atoms with Gasteiger partial charge >= 0.3 is 5.97 Å². The number of benzene rings is 3. The number of carbonyl (C=O) groups is 1. The van der Waals surface area contributed by atoms with Crippen molar-refractivity contribution in [2.75, 3.05) is 6.61 Å². The van der Waals surface area contributed by atoms with E-state index in [0.29, 0.717) is 6.61 Å². The first-order valence-electron chi connectivity index (χ1n) is 13.3. The zero-order valence-electron chi connectivity index (χ0n) is 22.8. The molecule has 0 aromatic heterocycles. The fourth-order valence-corrected chi connectivity index (χ4v) is 4.25. The van der Waals surface area contributed by atoms with E-state index in [1.807, 2.05) is 91.0 Å². The molecule has 5 atom stereocenters. The highest BCUT2D eigenvalue weighted by molar-refractivity contribution is 5.75. The quantitative estimate of drug-likeness (QED) is 0.345. The SMILES string of the molecule is CC(C)(C)C(=O)O[C@@H]1[C@@H](OCc2ccccc2)[C@@H](OCc2ccccc2)[C@@H](COCc2ccccc2)O[C@H]1O. The molecular weight excluding hydrogens is 496 g/mol. The standard InChI is InChI=1S/C32H38O7/c1-32(2,3)31(34)39-29-28(37-21-25-17-11-6-12-18-25)27(36-20-24-15-9-5-10-16-24)26(38-30(29)33)22-35-19-23-13-7-4-8-14-23/h4-18,26-30,33H,19-22H2,1-3H3/t26-,27+,28+,29-,30-/m1/s1. The van der Waals surface area contributed by atoms with Crippen LogP contribution in [0.1, 0.15) is 37.5 Å². The Bertz CT molecular complexity index is 1130. The molecule has 0 bridgehead atoms. The van der Waals surface area contributed by atoms with Crippen LogP contribution in [0.5, 0.6) is 0 Å². The van der Waals surface area contributed by atoms with Crippen LogP contribution in [0.25, 0.3) is 0 Å². The van der Waals surface area contributed by atoms with E-state index in [4.69, 9.17) is 23.7 Å². The van der Waals surface area contributed by atoms with Crippen LogP contribution in [0, 0.1) is 5.41 Å². The fourth-order valence-electron chi connectivity index (χ4n) is 4.25. The summed E-state index contributed by atoms with van der Waals surface area (Å²) in [6, 6.07) is 29.3. The molecule has 0 aliphatic carbocycles. The van der Waals surface area contributed by atoms with Gasteiger partial charge in [0, 0.05) is 0 Å². The minimum Gasteiger partial charge on any atom is -0.454 e. The van der Waals surface area contributed by atoms with Gasteiger partial charge in [-0.25, -0.2) is 0 Å². The lowest BCUT2D eigenvalue weighted by molar-refractivity contribution is -0.311. The van der Waals surface area contributed by atoms with Crippen LogP contribution in [0.15, 0.2) is 91.0 Å². The van der Waals surface area contributed by atoms with Gasteiger partial charge in [0.1, 0.15) is 18.3 Å². The first-order chi connectivity index (χ1) is 18.8. The number of aliphatic hydroxyl groups is 1. The number of carbonyl (C=O) groups excluding carboxylic acids is 1. The Balaban J connectivity index is 1.57. The minimum absolute atomic E-state index is 0.149. The average molecular weight is 535 g/mol. The highest BCUT2D eigenvalue weighted by Crippen LogP contribution is 2.31. The van der Waals surface area contributed by atoms with Crippen LogP contribution in [-0.4, -0.2) is 48.4 Å². The second-order valence-electron chi connectivity index (χ2n) is 10.7. The molecule has 4 rings (SSSR count). The number of aliphatic hydroxyl groups excluding tert-OH is 1. The van der Waals surface area contributed by atoms with E-state index in [-0.39, 0.29) is 19.8 Å². The molecule has 0 saturated carbocycles. The summed E-state index contributed by atoms with van der Waals surface area (Å²) in [5.74, 6) is -0.468. The molecule has 3 aromatic carbocycles. The second kappa shape index (κ2) is 13.8. The van der Waals surface area contributed by atoms with Crippen LogP contribution < -0.4 is 0 Å². The Morgan fingerprint density at radius 3 is 1.67 bits per heavy atom. The Hall–Kier alpha value is -3.07. The molecule has 0 spiro atoms. The van der Waals surface area contributed by atoms with E-state index in [0.717, 1.165) is 16.7 Å². The zero-order valence-corrected chi connectivity index (χ0v) is 22.8. The van der Waals surface area contributed by atoms with Crippen molar-refractivity contribution in [2.45, 2.75) is 71.3 Å². The summed E-state index contributed by atoms with van der Waals surface area (Å²) in [7, 11) is 0. The summed E-state index contributed by atoms with van der Waals surface area (Å²) in [6.45, 7) is 6.32. The van der Waals surface area contributed by atoms with Crippen LogP contribution in [0.3, 0.4) is 0 Å². The topological polar surface area (TPSA) is 83.5 Å². The van der Waals surface area contributed by atoms with E-state index >= 15 is 0 Å². The van der Waals surface area contributed by atoms with Crippen molar-refractivity contribution in [3.05, 3.63) is 108 Å². The molecule has 7 heteroatoms. The number of hydrogen-bond acceptors (Lipinski definition) is 7. The predicted octanol–water partition coefficient (Wildman–Crippen LogP) is 5.05. The van der Waals surface area contributed by atoms with Crippen molar-refractivity contribution in [1.82, 2.24) is 0 Å². The number of ether oxygens (including phenoxy) is 5. The van der Waals surface area contributed by atoms with Gasteiger partial charge in [-0.05, 0) is 37.5 Å². The maximum atomic E-state index is 12.9. The molecule has 0 unspecified atom stereocenters. The number of hydrogen-bond donors (Lipinski definition) is 1. The van der Waals surface area contributed by atoms with Crippen molar-refractivity contribution < 1.29 is 33.6 Å². The number of rotatable bonds is 11. The Morgan fingerprint density at radius 2 is 1.18 bits per heavy atom. The third-order valence-electron chi connectivity index (χ3n) is 6.43. The highest BCUT2D eigenvalue weighted by atomic mass is 16.7. The molecule has 7 nitrogen and oxygen atoms in total. The molecule has 0 amide bonds. The summed E-state index contributed by atoms with van der Waals surface area (Å²) >= 11 is 0. The third-order valence-corrected chi connectivity index (χ3v) is 6.43. The monoisotopic (exact) mass is 534 g/mol. The first-order valence-corrected chi connectivity index (χ1v) is 13.3. The smallest absolute Gasteiger partial charge is 0.311 e. The van der Waals surface area contributed by atoms with Crippen molar-refractivity contribution in [3.8, 4) is 0 Å². The lowest BCUT2D eigenvalue weighted by Gasteiger charge is -2.44. The summed E-state index contributed by atoms with van der Waals surface area (Å²) in [6.07, 6.45) is -4.68. The highest BCUT2D eigenvalue weighted by Gasteiger charge is 2.50. The predicted molar refractivity (Wildman–Crippen MR) is 146 cm³/mol. The summed E-state index contributed by atoms with van der Waals surface area (Å²) in [5.41, 5.74) is 2.15. The van der Waals surface area contributed by atoms with Crippen LogP contribution >= 0.6 is 0 Å². The van der Waals surface area contributed by atoms with Gasteiger partial charge in [-0.2, -0.15) is 0 Å². The van der Waals surface area contributed by atoms with Crippen LogP contribution in [-0.2, 0) is 48.3 Å². The van der Waals surface area contributed by atoms with Gasteiger partial charge in [-0.1, -0.05) is 91.0 Å². The molecule has 1 N–H and O–H groups in total. The van der Waals surface area contributed by atoms with Crippen molar-refractivity contribution in [1.29, 1.82) is 0 Å². The van der Waals surface area contributed by atoms with Gasteiger partial charge in [-0.15, -0.1) is 0 Å². The lowest BCUT2D eigenvalue weighted by Crippen LogP contribution is -2.62. The maximum absolute atomic E-state index is 12.9. The Labute approximate surface area is 230 Å². The lowest BCUT2D eigenvalue weighted by atomic mass is 9.95. The molecule has 208 valence electrons. The molecule has 1 heterocycles. The van der Waals surface area contributed by atoms with Crippen molar-refractivity contribution in [3.63, 3.8) is 0 Å². The molecule has 1 fully saturated rings. The van der Waals surface area contributed by atoms with Crippen LogP contribution in [0.2, 0.25) is 0 Å². The average Bonchev–Trinajstić information content (AvgIpc) is 2.94. The number of esters is 1. The van der Waals surface area contributed by atoms with E-state index in [9.17, 15) is 9.90 Å². The molecule has 1 saturated heterocycles. The molecule has 1 aliphatic rings. The minimum atomic E-state index is -1.42. The van der Waals surface area contributed by atoms with E-state index in [1.165, 1.54) is 0 Å². The third kappa shape index (κ3) is 8.46. The Kier molecular flexibility index (Phi) is 10.3. The second-order valence-corrected chi connectivity index (χ2v) is 10.7. The normalized spacial score (nSPS) is 23.3. The maximum Gasteiger partial charge on any atom is 0.311 e. The summed E-state index contributed by atoms with van der Waals surface area (Å²) in [4.78, 5) is 12.9. The van der Waals surface area contributed by atoms with E-state index in [1.54, 1.807) is 20.8 Å². The Morgan fingerprint density at radius 1 is 0.718 bits per heavy atom. The van der Waals surface area contributed by atoms with E-state index < -0.39 is 42.1 Å². The molecular formula is C32H38O7. The molecule has 1 aliphatic heterocycles. The van der Waals surface area contributed by atoms with Gasteiger partial charge in [-0.3, -0.25) is 4.79 Å². The van der Waals surface area contributed by atoms with Gasteiger partial charge < -0.3 is 28.8 Å². The summed E-state index contributed by atoms with van der Waals surface area (Å²) in [5, 5.41) is 11.1. The fraction of sp³-hybridized carbons (Fsp3) is 0.406. The molecule has 39 heavy (non-hydrogen) atoms. The van der Waals surface area contributed by atoms with Gasteiger partial charge in [0.05, 0.1) is 31.8 Å². The first kappa shape index (κ1) is 28.9. The van der Waals surface area contributed by atoms with Crippen LogP contribution in [0.4, 0.5) is 0 Å². The summed E-state index contributed by atoms with van der Waals surface area (Å²) < 4.78 is 30.6. The molecule has 0 radical (unpaired) electrons. The van der Waals surface area contributed by atoms with Crippen molar-refractivity contribution in [2.24, 2.45) is 5.41 Å². The largest absolute Gasteiger partial charge is 0.454 e.